The topological polar surface area (TPSA) is 68.3 Å². The molecule has 5 heteroatoms. The molecule has 5 nitrogen and oxygen atoms in total. The van der Waals surface area contributed by atoms with Gasteiger partial charge in [0.05, 0.1) is 6.10 Å². The normalized spacial score (nSPS) is 22.8. The number of epoxide rings is 1. The van der Waals surface area contributed by atoms with Gasteiger partial charge in [-0.05, 0) is 40.0 Å². The largest absolute Gasteiger partial charge is 0.508 e. The summed E-state index contributed by atoms with van der Waals surface area (Å²) in [7, 11) is 0. The molecule has 1 aliphatic heterocycles. The molecule has 0 aromatic carbocycles. The van der Waals surface area contributed by atoms with Gasteiger partial charge in [-0.1, -0.05) is 12.3 Å². The predicted molar refractivity (Wildman–Crippen MR) is 74.2 cm³/mol. The van der Waals surface area contributed by atoms with E-state index >= 15 is 0 Å². The van der Waals surface area contributed by atoms with Gasteiger partial charge in [0.25, 0.3) is 0 Å². The van der Waals surface area contributed by atoms with Crippen LogP contribution in [-0.4, -0.2) is 41.8 Å². The predicted octanol–water partition coefficient (Wildman–Crippen LogP) is 2.26. The number of aliphatic hydroxyl groups excluding tert-OH is 1. The second kappa shape index (κ2) is 7.51. The van der Waals surface area contributed by atoms with Gasteiger partial charge in [0.2, 0.25) is 0 Å². The van der Waals surface area contributed by atoms with Gasteiger partial charge in [-0.25, -0.2) is 4.79 Å². The number of unbranched alkanes of at least 4 members (excludes halogenated alkanes) is 1. The second-order valence-electron chi connectivity index (χ2n) is 5.96. The lowest BCUT2D eigenvalue weighted by Crippen LogP contribution is -2.25. The Labute approximate surface area is 120 Å². The molecule has 1 saturated heterocycles. The highest BCUT2D eigenvalue weighted by molar-refractivity contribution is 5.60. The summed E-state index contributed by atoms with van der Waals surface area (Å²) in [4.78, 5) is 11.3. The molecule has 0 aliphatic carbocycles. The monoisotopic (exact) mass is 284 g/mol. The van der Waals surface area contributed by atoms with Crippen molar-refractivity contribution in [2.45, 2.75) is 70.4 Å². The number of hydrogen-bond acceptors (Lipinski definition) is 5. The quantitative estimate of drug-likeness (QED) is 0.336. The van der Waals surface area contributed by atoms with Crippen LogP contribution in [-0.2, 0) is 14.2 Å². The van der Waals surface area contributed by atoms with Crippen molar-refractivity contribution in [2.75, 3.05) is 6.61 Å². The summed E-state index contributed by atoms with van der Waals surface area (Å²) in [6, 6.07) is 0. The van der Waals surface area contributed by atoms with Crippen LogP contribution >= 0.6 is 0 Å². The van der Waals surface area contributed by atoms with Crippen molar-refractivity contribution in [3.63, 3.8) is 0 Å². The maximum Gasteiger partial charge on any atom is 0.508 e. The number of hydrogen-bond donors (Lipinski definition) is 1. The van der Waals surface area contributed by atoms with Crippen molar-refractivity contribution in [2.24, 2.45) is 0 Å². The van der Waals surface area contributed by atoms with Gasteiger partial charge in [0, 0.05) is 0 Å². The molecule has 1 aliphatic rings. The van der Waals surface area contributed by atoms with Gasteiger partial charge >= 0.3 is 6.16 Å². The fourth-order valence-corrected chi connectivity index (χ4v) is 1.78. The molecule has 3 atom stereocenters. The Morgan fingerprint density at radius 3 is 2.70 bits per heavy atom. The maximum absolute atomic E-state index is 11.3. The molecule has 0 saturated carbocycles. The molecule has 0 bridgehead atoms. The molecule has 1 N–H and O–H groups in total. The lowest BCUT2D eigenvalue weighted by atomic mass is 10.1. The summed E-state index contributed by atoms with van der Waals surface area (Å²) < 4.78 is 15.4. The fraction of sp³-hybridized carbons (Fsp3) is 0.800. The number of rotatable bonds is 7. The van der Waals surface area contributed by atoms with E-state index in [-0.39, 0.29) is 18.8 Å². The van der Waals surface area contributed by atoms with Crippen LogP contribution in [0.15, 0.2) is 0 Å². The first-order valence-electron chi connectivity index (χ1n) is 6.97. The zero-order valence-electron chi connectivity index (χ0n) is 12.4. The van der Waals surface area contributed by atoms with Crippen molar-refractivity contribution in [3.8, 4) is 12.3 Å². The van der Waals surface area contributed by atoms with Crippen LogP contribution in [0.5, 0.6) is 0 Å². The molecule has 0 radical (unpaired) electrons. The fourth-order valence-electron chi connectivity index (χ4n) is 1.78. The molecule has 0 aromatic rings. The molecule has 1 heterocycles. The van der Waals surface area contributed by atoms with Crippen LogP contribution in [0.3, 0.4) is 0 Å². The number of carbonyl (C=O) groups is 1. The Bertz CT molecular complexity index is 352. The van der Waals surface area contributed by atoms with E-state index in [1.54, 1.807) is 20.8 Å². The van der Waals surface area contributed by atoms with Gasteiger partial charge in [-0.2, -0.15) is 0 Å². The summed E-state index contributed by atoms with van der Waals surface area (Å²) in [5, 5.41) is 9.19. The van der Waals surface area contributed by atoms with Crippen LogP contribution in [0.1, 0.15) is 46.5 Å². The van der Waals surface area contributed by atoms with Gasteiger partial charge in [0.1, 0.15) is 24.4 Å². The first-order valence-corrected chi connectivity index (χ1v) is 6.97. The van der Waals surface area contributed by atoms with E-state index in [2.05, 4.69) is 5.92 Å². The molecular weight excluding hydrogens is 260 g/mol. The molecule has 114 valence electrons. The van der Waals surface area contributed by atoms with E-state index in [0.29, 0.717) is 6.42 Å². The molecule has 1 unspecified atom stereocenters. The lowest BCUT2D eigenvalue weighted by molar-refractivity contribution is -0.00947. The summed E-state index contributed by atoms with van der Waals surface area (Å²) in [5.41, 5.74) is -0.543. The highest BCUT2D eigenvalue weighted by Gasteiger charge is 2.39. The van der Waals surface area contributed by atoms with E-state index in [1.165, 1.54) is 0 Å². The van der Waals surface area contributed by atoms with Gasteiger partial charge in [0.15, 0.2) is 0 Å². The zero-order valence-corrected chi connectivity index (χ0v) is 12.4. The first kappa shape index (κ1) is 16.8. The van der Waals surface area contributed by atoms with Crippen molar-refractivity contribution in [3.05, 3.63) is 0 Å². The number of carbonyl (C=O) groups excluding carboxylic acids is 1. The van der Waals surface area contributed by atoms with Crippen LogP contribution in [0.25, 0.3) is 0 Å². The minimum Gasteiger partial charge on any atom is -0.431 e. The van der Waals surface area contributed by atoms with Crippen molar-refractivity contribution < 1.29 is 24.1 Å². The Morgan fingerprint density at radius 2 is 2.10 bits per heavy atom. The van der Waals surface area contributed by atoms with E-state index in [1.807, 2.05) is 0 Å². The number of aliphatic hydroxyl groups is 1. The average molecular weight is 284 g/mol. The van der Waals surface area contributed by atoms with Gasteiger partial charge < -0.3 is 19.3 Å². The molecule has 1 fully saturated rings. The standard InChI is InChI=1S/C15H24O5/c1-5-11(16)8-6-7-9-12-13(19-12)10-18-14(17)20-15(2,3)4/h1,11-13,16H,6-10H2,2-4H3/t11?,12-,13-/m0/s1. The molecular formula is C15H24O5. The summed E-state index contributed by atoms with van der Waals surface area (Å²) in [5.74, 6) is 2.28. The second-order valence-corrected chi connectivity index (χ2v) is 5.96. The first-order chi connectivity index (χ1) is 9.31. The van der Waals surface area contributed by atoms with Gasteiger partial charge in [-0.3, -0.25) is 0 Å². The van der Waals surface area contributed by atoms with E-state index in [9.17, 15) is 9.90 Å². The molecule has 0 amide bonds. The van der Waals surface area contributed by atoms with E-state index < -0.39 is 17.9 Å². The molecule has 0 aromatic heterocycles. The third-order valence-corrected chi connectivity index (χ3v) is 2.85. The Kier molecular flexibility index (Phi) is 6.31. The summed E-state index contributed by atoms with van der Waals surface area (Å²) in [6.07, 6.45) is 7.18. The Hall–Kier alpha value is -1.25. The van der Waals surface area contributed by atoms with Crippen LogP contribution < -0.4 is 0 Å². The van der Waals surface area contributed by atoms with Crippen molar-refractivity contribution in [1.82, 2.24) is 0 Å². The minimum atomic E-state index is -0.663. The van der Waals surface area contributed by atoms with Crippen molar-refractivity contribution >= 4 is 6.16 Å². The smallest absolute Gasteiger partial charge is 0.431 e. The Morgan fingerprint density at radius 1 is 1.40 bits per heavy atom. The summed E-state index contributed by atoms with van der Waals surface area (Å²) >= 11 is 0. The minimum absolute atomic E-state index is 0.0277. The molecule has 1 rings (SSSR count). The number of terminal acetylenes is 1. The summed E-state index contributed by atoms with van der Waals surface area (Å²) in [6.45, 7) is 5.59. The SMILES string of the molecule is C#CC(O)CCCC[C@@H]1O[C@H]1COC(=O)OC(C)(C)C. The lowest BCUT2D eigenvalue weighted by Gasteiger charge is -2.18. The highest BCUT2D eigenvalue weighted by Crippen LogP contribution is 2.28. The Balaban J connectivity index is 2.01. The zero-order chi connectivity index (χ0) is 15.2. The van der Waals surface area contributed by atoms with Crippen molar-refractivity contribution in [1.29, 1.82) is 0 Å². The van der Waals surface area contributed by atoms with Crippen LogP contribution in [0.2, 0.25) is 0 Å². The number of ether oxygens (including phenoxy) is 3. The van der Waals surface area contributed by atoms with Crippen LogP contribution in [0.4, 0.5) is 4.79 Å². The van der Waals surface area contributed by atoms with Crippen LogP contribution in [0, 0.1) is 12.3 Å². The third-order valence-electron chi connectivity index (χ3n) is 2.85. The molecule has 20 heavy (non-hydrogen) atoms. The average Bonchev–Trinajstić information content (AvgIpc) is 3.08. The van der Waals surface area contributed by atoms with E-state index in [0.717, 1.165) is 19.3 Å². The van der Waals surface area contributed by atoms with Gasteiger partial charge in [-0.15, -0.1) is 6.42 Å². The highest BCUT2D eigenvalue weighted by atomic mass is 16.7. The van der Waals surface area contributed by atoms with E-state index in [4.69, 9.17) is 20.6 Å². The third kappa shape index (κ3) is 7.37. The maximum atomic E-state index is 11.3. The molecule has 0 spiro atoms.